The van der Waals surface area contributed by atoms with Crippen molar-refractivity contribution in [1.82, 2.24) is 10.3 Å². The third-order valence-corrected chi connectivity index (χ3v) is 6.52. The summed E-state index contributed by atoms with van der Waals surface area (Å²) in [5, 5.41) is 24.0. The van der Waals surface area contributed by atoms with Crippen LogP contribution in [0, 0.1) is 13.8 Å². The average molecular weight is 425 g/mol. The van der Waals surface area contributed by atoms with E-state index >= 15 is 0 Å². The molecule has 0 aliphatic heterocycles. The van der Waals surface area contributed by atoms with Crippen LogP contribution >= 0.6 is 11.3 Å². The van der Waals surface area contributed by atoms with Crippen molar-refractivity contribution < 1.29 is 19.7 Å². The molecule has 0 fully saturated rings. The summed E-state index contributed by atoms with van der Waals surface area (Å²) in [4.78, 5) is 17.1. The molecule has 2 aromatic carbocycles. The number of alkyl carbamates (subject to hydrolysis) is 1. The molecule has 0 saturated carbocycles. The summed E-state index contributed by atoms with van der Waals surface area (Å²) in [5.41, 5.74) is 5.29. The molecule has 3 N–H and O–H groups in total. The van der Waals surface area contributed by atoms with Crippen molar-refractivity contribution in [1.29, 1.82) is 0 Å². The highest BCUT2D eigenvalue weighted by molar-refractivity contribution is 7.11. The Hall–Kier alpha value is -2.74. The number of hydrogen-bond donors (Lipinski definition) is 3. The van der Waals surface area contributed by atoms with Crippen LogP contribution in [0.25, 0.3) is 11.1 Å². The lowest BCUT2D eigenvalue weighted by atomic mass is 9.98. The standard InChI is InChI=1S/C23H24N2O4S/c1-13-22(30-14(2)25-13)21(27)20(26)11-24-23(28)29-12-19-17-9-5-3-7-15(17)16-8-4-6-10-18(16)19/h3-10,19-21,26-27H,11-12H2,1-2H3,(H,24,28). The molecular weight excluding hydrogens is 400 g/mol. The Kier molecular flexibility index (Phi) is 5.85. The minimum absolute atomic E-state index is 0.0264. The van der Waals surface area contributed by atoms with Gasteiger partial charge in [-0.05, 0) is 36.1 Å². The number of aryl methyl sites for hydroxylation is 2. The van der Waals surface area contributed by atoms with Crippen molar-refractivity contribution >= 4 is 17.4 Å². The maximum Gasteiger partial charge on any atom is 0.407 e. The van der Waals surface area contributed by atoms with Gasteiger partial charge < -0.3 is 20.3 Å². The van der Waals surface area contributed by atoms with Crippen LogP contribution < -0.4 is 5.32 Å². The fraction of sp³-hybridized carbons (Fsp3) is 0.304. The first kappa shape index (κ1) is 20.5. The second kappa shape index (κ2) is 8.55. The summed E-state index contributed by atoms with van der Waals surface area (Å²) in [6, 6.07) is 16.2. The van der Waals surface area contributed by atoms with Gasteiger partial charge in [-0.25, -0.2) is 9.78 Å². The zero-order valence-corrected chi connectivity index (χ0v) is 17.6. The van der Waals surface area contributed by atoms with E-state index in [4.69, 9.17) is 4.74 Å². The van der Waals surface area contributed by atoms with Crippen LogP contribution in [0.2, 0.25) is 0 Å². The van der Waals surface area contributed by atoms with Gasteiger partial charge in [0, 0.05) is 12.5 Å². The number of benzene rings is 2. The topological polar surface area (TPSA) is 91.7 Å². The molecule has 7 heteroatoms. The van der Waals surface area contributed by atoms with E-state index in [-0.39, 0.29) is 19.1 Å². The van der Waals surface area contributed by atoms with Crippen molar-refractivity contribution in [2.45, 2.75) is 32.0 Å². The van der Waals surface area contributed by atoms with Crippen molar-refractivity contribution in [3.05, 3.63) is 75.2 Å². The second-order valence-electron chi connectivity index (χ2n) is 7.40. The Balaban J connectivity index is 1.35. The Bertz CT molecular complexity index is 1020. The van der Waals surface area contributed by atoms with E-state index in [0.29, 0.717) is 10.6 Å². The lowest BCUT2D eigenvalue weighted by molar-refractivity contribution is 0.0202. The molecule has 2 atom stereocenters. The minimum Gasteiger partial charge on any atom is -0.449 e. The zero-order chi connectivity index (χ0) is 21.3. The van der Waals surface area contributed by atoms with Gasteiger partial charge in [0.2, 0.25) is 0 Å². The van der Waals surface area contributed by atoms with Crippen molar-refractivity contribution in [2.75, 3.05) is 13.2 Å². The normalized spacial score (nSPS) is 14.7. The van der Waals surface area contributed by atoms with Gasteiger partial charge >= 0.3 is 6.09 Å². The molecule has 1 aliphatic rings. The summed E-state index contributed by atoms with van der Waals surface area (Å²) >= 11 is 1.33. The number of carbonyl (C=O) groups excluding carboxylic acids is 1. The number of aliphatic hydroxyl groups is 2. The van der Waals surface area contributed by atoms with Gasteiger partial charge in [0.1, 0.15) is 18.8 Å². The molecule has 0 saturated heterocycles. The van der Waals surface area contributed by atoms with Crippen LogP contribution in [0.4, 0.5) is 4.79 Å². The van der Waals surface area contributed by atoms with E-state index in [0.717, 1.165) is 27.3 Å². The Labute approximate surface area is 179 Å². The number of amides is 1. The maximum absolute atomic E-state index is 12.2. The molecular formula is C23H24N2O4S. The maximum atomic E-state index is 12.2. The number of nitrogens with one attached hydrogen (secondary N) is 1. The van der Waals surface area contributed by atoms with Crippen molar-refractivity contribution in [3.8, 4) is 11.1 Å². The van der Waals surface area contributed by atoms with Gasteiger partial charge in [-0.15, -0.1) is 11.3 Å². The van der Waals surface area contributed by atoms with Crippen LogP contribution in [-0.2, 0) is 4.74 Å². The predicted molar refractivity (Wildman–Crippen MR) is 116 cm³/mol. The van der Waals surface area contributed by atoms with Crippen LogP contribution in [0.5, 0.6) is 0 Å². The number of hydrogen-bond acceptors (Lipinski definition) is 6. The lowest BCUT2D eigenvalue weighted by Crippen LogP contribution is -2.36. The summed E-state index contributed by atoms with van der Waals surface area (Å²) in [6.07, 6.45) is -2.88. The molecule has 156 valence electrons. The molecule has 1 aromatic heterocycles. The van der Waals surface area contributed by atoms with Crippen molar-refractivity contribution in [3.63, 3.8) is 0 Å². The Morgan fingerprint density at radius 2 is 1.70 bits per heavy atom. The minimum atomic E-state index is -1.15. The van der Waals surface area contributed by atoms with Gasteiger partial charge in [0.05, 0.1) is 15.6 Å². The first-order chi connectivity index (χ1) is 14.5. The molecule has 1 amide bonds. The summed E-state index contributed by atoms with van der Waals surface area (Å²) in [6.45, 7) is 3.71. The number of fused-ring (bicyclic) bond motifs is 3. The van der Waals surface area contributed by atoms with E-state index in [1.54, 1.807) is 6.92 Å². The van der Waals surface area contributed by atoms with Crippen molar-refractivity contribution in [2.24, 2.45) is 0 Å². The van der Waals surface area contributed by atoms with Gasteiger partial charge in [0.15, 0.2) is 0 Å². The van der Waals surface area contributed by atoms with E-state index in [2.05, 4.69) is 34.6 Å². The van der Waals surface area contributed by atoms with E-state index in [1.807, 2.05) is 31.2 Å². The number of carbonyl (C=O) groups is 1. The third kappa shape index (κ3) is 3.96. The molecule has 0 spiro atoms. The molecule has 0 radical (unpaired) electrons. The zero-order valence-electron chi connectivity index (χ0n) is 16.8. The fourth-order valence-electron chi connectivity index (χ4n) is 3.95. The Morgan fingerprint density at radius 1 is 1.10 bits per heavy atom. The Morgan fingerprint density at radius 3 is 2.27 bits per heavy atom. The molecule has 0 bridgehead atoms. The summed E-state index contributed by atoms with van der Waals surface area (Å²) in [5.74, 6) is -0.0264. The highest BCUT2D eigenvalue weighted by Crippen LogP contribution is 2.44. The number of nitrogens with zero attached hydrogens (tertiary/aromatic N) is 1. The van der Waals surface area contributed by atoms with Crippen LogP contribution in [-0.4, -0.2) is 40.5 Å². The number of thiazole rings is 1. The fourth-order valence-corrected chi connectivity index (χ4v) is 4.92. The summed E-state index contributed by atoms with van der Waals surface area (Å²) < 4.78 is 5.45. The molecule has 4 rings (SSSR count). The van der Waals surface area contributed by atoms with Gasteiger partial charge in [-0.2, -0.15) is 0 Å². The molecule has 1 heterocycles. The molecule has 2 unspecified atom stereocenters. The average Bonchev–Trinajstić information content (AvgIpc) is 3.26. The summed E-state index contributed by atoms with van der Waals surface area (Å²) in [7, 11) is 0. The van der Waals surface area contributed by atoms with Gasteiger partial charge in [0.25, 0.3) is 0 Å². The predicted octanol–water partition coefficient (Wildman–Crippen LogP) is 3.69. The highest BCUT2D eigenvalue weighted by Gasteiger charge is 2.29. The van der Waals surface area contributed by atoms with E-state index in [9.17, 15) is 15.0 Å². The first-order valence-electron chi connectivity index (χ1n) is 9.84. The molecule has 6 nitrogen and oxygen atoms in total. The van der Waals surface area contributed by atoms with Crippen LogP contribution in [0.3, 0.4) is 0 Å². The van der Waals surface area contributed by atoms with E-state index in [1.165, 1.54) is 11.3 Å². The molecule has 1 aliphatic carbocycles. The number of rotatable bonds is 6. The second-order valence-corrected chi connectivity index (χ2v) is 8.64. The SMILES string of the molecule is Cc1nc(C)c(C(O)C(O)CNC(=O)OCC2c3ccccc3-c3ccccc32)s1. The third-order valence-electron chi connectivity index (χ3n) is 5.37. The largest absolute Gasteiger partial charge is 0.449 e. The smallest absolute Gasteiger partial charge is 0.407 e. The van der Waals surface area contributed by atoms with Crippen LogP contribution in [0.1, 0.15) is 38.7 Å². The van der Waals surface area contributed by atoms with Gasteiger partial charge in [-0.3, -0.25) is 0 Å². The quantitative estimate of drug-likeness (QED) is 0.561. The first-order valence-corrected chi connectivity index (χ1v) is 10.7. The number of aliphatic hydroxyl groups excluding tert-OH is 2. The highest BCUT2D eigenvalue weighted by atomic mass is 32.1. The van der Waals surface area contributed by atoms with Crippen LogP contribution in [0.15, 0.2) is 48.5 Å². The van der Waals surface area contributed by atoms with E-state index < -0.39 is 18.3 Å². The lowest BCUT2D eigenvalue weighted by Gasteiger charge is -2.18. The molecule has 30 heavy (non-hydrogen) atoms. The number of aromatic nitrogens is 1. The van der Waals surface area contributed by atoms with Gasteiger partial charge in [-0.1, -0.05) is 48.5 Å². The number of ether oxygens (including phenoxy) is 1. The monoisotopic (exact) mass is 424 g/mol. The molecule has 3 aromatic rings.